The number of fused-ring (bicyclic) bond motifs is 1. The van der Waals surface area contributed by atoms with Crippen LogP contribution in [0.15, 0.2) is 35.2 Å². The predicted molar refractivity (Wildman–Crippen MR) is 127 cm³/mol. The molecule has 0 N–H and O–H groups in total. The second-order valence-corrected chi connectivity index (χ2v) is 10.5. The molecule has 33 heavy (non-hydrogen) atoms. The summed E-state index contributed by atoms with van der Waals surface area (Å²) < 4.78 is 39.0. The molecule has 2 aliphatic rings. The van der Waals surface area contributed by atoms with Crippen molar-refractivity contribution in [2.24, 2.45) is 0 Å². The van der Waals surface area contributed by atoms with E-state index in [2.05, 4.69) is 0 Å². The molecule has 0 aliphatic carbocycles. The predicted octanol–water partition coefficient (Wildman–Crippen LogP) is 4.12. The van der Waals surface area contributed by atoms with Crippen LogP contribution < -0.4 is 9.47 Å². The minimum Gasteiger partial charge on any atom is -0.490 e. The lowest BCUT2D eigenvalue weighted by molar-refractivity contribution is 0.0734. The number of carbonyl (C=O) groups is 1. The van der Waals surface area contributed by atoms with Gasteiger partial charge in [-0.25, -0.2) is 8.42 Å². The van der Waals surface area contributed by atoms with Crippen LogP contribution in [0.5, 0.6) is 11.5 Å². The Labute approximate surface area is 200 Å². The monoisotopic (exact) mass is 492 g/mol. The van der Waals surface area contributed by atoms with Gasteiger partial charge in [0, 0.05) is 31.7 Å². The Morgan fingerprint density at radius 1 is 0.970 bits per heavy atom. The largest absolute Gasteiger partial charge is 0.490 e. The standard InChI is InChI=1S/C24H29ClN2O5S/c1-3-31-21-13-17-9-12-26(16-19(17)14-22(21)32-4-2)24(28)18-7-8-20(25)23(15-18)33(29,30)27-10-5-6-11-27/h7-8,13-15H,3-6,9-12,16H2,1-2H3. The zero-order valence-electron chi connectivity index (χ0n) is 19.0. The molecule has 1 amide bonds. The van der Waals surface area contributed by atoms with Gasteiger partial charge in [-0.2, -0.15) is 4.31 Å². The molecule has 0 radical (unpaired) electrons. The minimum atomic E-state index is -3.73. The molecule has 0 atom stereocenters. The Bertz CT molecular complexity index is 1150. The molecule has 0 bridgehead atoms. The van der Waals surface area contributed by atoms with E-state index < -0.39 is 10.0 Å². The number of nitrogens with zero attached hydrogens (tertiary/aromatic N) is 2. The van der Waals surface area contributed by atoms with Crippen LogP contribution in [0.4, 0.5) is 0 Å². The van der Waals surface area contributed by atoms with Gasteiger partial charge in [-0.05, 0) is 74.6 Å². The van der Waals surface area contributed by atoms with E-state index >= 15 is 0 Å². The third-order valence-electron chi connectivity index (χ3n) is 6.03. The second kappa shape index (κ2) is 9.91. The Hall–Kier alpha value is -2.29. The maximum Gasteiger partial charge on any atom is 0.254 e. The maximum atomic E-state index is 13.3. The highest BCUT2D eigenvalue weighted by Crippen LogP contribution is 2.35. The number of halogens is 1. The molecule has 1 saturated heterocycles. The first kappa shape index (κ1) is 23.9. The van der Waals surface area contributed by atoms with Crippen molar-refractivity contribution >= 4 is 27.5 Å². The Morgan fingerprint density at radius 2 is 1.61 bits per heavy atom. The molecule has 4 rings (SSSR count). The molecule has 0 unspecified atom stereocenters. The van der Waals surface area contributed by atoms with Gasteiger partial charge in [0.25, 0.3) is 5.91 Å². The summed E-state index contributed by atoms with van der Waals surface area (Å²) in [5.41, 5.74) is 2.44. The summed E-state index contributed by atoms with van der Waals surface area (Å²) in [5, 5.41) is 0.132. The highest BCUT2D eigenvalue weighted by molar-refractivity contribution is 7.89. The van der Waals surface area contributed by atoms with Gasteiger partial charge in [0.15, 0.2) is 11.5 Å². The molecule has 2 aliphatic heterocycles. The molecule has 2 heterocycles. The zero-order chi connectivity index (χ0) is 23.6. The van der Waals surface area contributed by atoms with E-state index in [0.717, 1.165) is 24.0 Å². The first-order chi connectivity index (χ1) is 15.8. The lowest BCUT2D eigenvalue weighted by Crippen LogP contribution is -2.36. The van der Waals surface area contributed by atoms with Crippen molar-refractivity contribution < 1.29 is 22.7 Å². The topological polar surface area (TPSA) is 76.1 Å². The average molecular weight is 493 g/mol. The average Bonchev–Trinajstić information content (AvgIpc) is 3.35. The highest BCUT2D eigenvalue weighted by atomic mass is 35.5. The van der Waals surface area contributed by atoms with Crippen LogP contribution in [0, 0.1) is 0 Å². The van der Waals surface area contributed by atoms with Crippen LogP contribution in [0.25, 0.3) is 0 Å². The third kappa shape index (κ3) is 4.83. The summed E-state index contributed by atoms with van der Waals surface area (Å²) in [6.45, 7) is 6.80. The molecule has 0 aromatic heterocycles. The van der Waals surface area contributed by atoms with Crippen molar-refractivity contribution in [3.05, 3.63) is 52.0 Å². The van der Waals surface area contributed by atoms with Crippen molar-refractivity contribution in [2.75, 3.05) is 32.8 Å². The first-order valence-electron chi connectivity index (χ1n) is 11.4. The van der Waals surface area contributed by atoms with Crippen molar-refractivity contribution in [1.29, 1.82) is 0 Å². The molecule has 2 aromatic rings. The highest BCUT2D eigenvalue weighted by Gasteiger charge is 2.31. The number of hydrogen-bond donors (Lipinski definition) is 0. The first-order valence-corrected chi connectivity index (χ1v) is 13.2. The van der Waals surface area contributed by atoms with Crippen LogP contribution in [0.3, 0.4) is 0 Å². The summed E-state index contributed by atoms with van der Waals surface area (Å²) in [5.74, 6) is 1.16. The van der Waals surface area contributed by atoms with Gasteiger partial charge in [0.1, 0.15) is 4.90 Å². The molecule has 9 heteroatoms. The molecule has 7 nitrogen and oxygen atoms in total. The summed E-state index contributed by atoms with van der Waals surface area (Å²) in [4.78, 5) is 15.0. The number of carbonyl (C=O) groups excluding carboxylic acids is 1. The number of benzene rings is 2. The Morgan fingerprint density at radius 3 is 2.24 bits per heavy atom. The van der Waals surface area contributed by atoms with E-state index in [1.807, 2.05) is 26.0 Å². The van der Waals surface area contributed by atoms with Crippen molar-refractivity contribution in [3.8, 4) is 11.5 Å². The number of sulfonamides is 1. The van der Waals surface area contributed by atoms with Crippen LogP contribution >= 0.6 is 11.6 Å². The fourth-order valence-corrected chi connectivity index (χ4v) is 6.38. The second-order valence-electron chi connectivity index (χ2n) is 8.17. The zero-order valence-corrected chi connectivity index (χ0v) is 20.5. The van der Waals surface area contributed by atoms with Crippen molar-refractivity contribution in [2.45, 2.75) is 44.6 Å². The SMILES string of the molecule is CCOc1cc2c(cc1OCC)CN(C(=O)c1ccc(Cl)c(S(=O)(=O)N3CCCC3)c1)CC2. The molecule has 178 valence electrons. The summed E-state index contributed by atoms with van der Waals surface area (Å²) >= 11 is 6.25. The summed E-state index contributed by atoms with van der Waals surface area (Å²) in [7, 11) is -3.73. The number of hydrogen-bond acceptors (Lipinski definition) is 5. The summed E-state index contributed by atoms with van der Waals surface area (Å²) in [6, 6.07) is 8.44. The smallest absolute Gasteiger partial charge is 0.254 e. The van der Waals surface area contributed by atoms with Crippen LogP contribution in [-0.2, 0) is 23.0 Å². The van der Waals surface area contributed by atoms with E-state index in [-0.39, 0.29) is 15.8 Å². The number of rotatable bonds is 7. The van der Waals surface area contributed by atoms with Crippen LogP contribution in [-0.4, -0.2) is 56.4 Å². The van der Waals surface area contributed by atoms with Crippen molar-refractivity contribution in [1.82, 2.24) is 9.21 Å². The number of amides is 1. The van der Waals surface area contributed by atoms with Gasteiger partial charge in [-0.1, -0.05) is 11.6 Å². The maximum absolute atomic E-state index is 13.3. The Kier molecular flexibility index (Phi) is 7.16. The molecule has 2 aromatic carbocycles. The fourth-order valence-electron chi connectivity index (χ4n) is 4.36. The minimum absolute atomic E-state index is 0.00526. The quantitative estimate of drug-likeness (QED) is 0.581. The van der Waals surface area contributed by atoms with E-state index in [1.54, 1.807) is 11.0 Å². The van der Waals surface area contributed by atoms with Crippen LogP contribution in [0.1, 0.15) is 48.2 Å². The van der Waals surface area contributed by atoms with Gasteiger partial charge in [-0.15, -0.1) is 0 Å². The molecular formula is C24H29ClN2O5S. The Balaban J connectivity index is 1.59. The van der Waals surface area contributed by atoms with E-state index in [1.165, 1.54) is 16.4 Å². The van der Waals surface area contributed by atoms with E-state index in [4.69, 9.17) is 21.1 Å². The molecule has 0 spiro atoms. The lowest BCUT2D eigenvalue weighted by atomic mass is 9.98. The van der Waals surface area contributed by atoms with Crippen molar-refractivity contribution in [3.63, 3.8) is 0 Å². The summed E-state index contributed by atoms with van der Waals surface area (Å²) in [6.07, 6.45) is 2.34. The van der Waals surface area contributed by atoms with Crippen LogP contribution in [0.2, 0.25) is 5.02 Å². The van der Waals surface area contributed by atoms with Gasteiger partial charge < -0.3 is 14.4 Å². The molecular weight excluding hydrogens is 464 g/mol. The van der Waals surface area contributed by atoms with Gasteiger partial charge >= 0.3 is 0 Å². The normalized spacial score (nSPS) is 16.5. The molecule has 1 fully saturated rings. The fraction of sp³-hybridized carbons (Fsp3) is 0.458. The van der Waals surface area contributed by atoms with E-state index in [0.29, 0.717) is 62.9 Å². The third-order valence-corrected chi connectivity index (χ3v) is 8.41. The molecule has 0 saturated carbocycles. The van der Waals surface area contributed by atoms with Gasteiger partial charge in [0.05, 0.1) is 18.2 Å². The van der Waals surface area contributed by atoms with E-state index in [9.17, 15) is 13.2 Å². The lowest BCUT2D eigenvalue weighted by Gasteiger charge is -2.30. The van der Waals surface area contributed by atoms with Gasteiger partial charge in [-0.3, -0.25) is 4.79 Å². The van der Waals surface area contributed by atoms with Gasteiger partial charge in [0.2, 0.25) is 10.0 Å². The number of ether oxygens (including phenoxy) is 2.